The number of alkyl halides is 3. The Labute approximate surface area is 174 Å². The lowest BCUT2D eigenvalue weighted by Crippen LogP contribution is -2.17. The van der Waals surface area contributed by atoms with E-state index in [-0.39, 0.29) is 23.6 Å². The van der Waals surface area contributed by atoms with Gasteiger partial charge < -0.3 is 9.47 Å². The van der Waals surface area contributed by atoms with E-state index >= 15 is 0 Å². The molecule has 0 spiro atoms. The van der Waals surface area contributed by atoms with Gasteiger partial charge in [-0.3, -0.25) is 9.78 Å². The number of hydrogen-bond acceptors (Lipinski definition) is 5. The summed E-state index contributed by atoms with van der Waals surface area (Å²) in [6.45, 7) is 1.16. The first-order valence-electron chi connectivity index (χ1n) is 9.50. The molecule has 1 aromatic carbocycles. The van der Waals surface area contributed by atoms with Gasteiger partial charge in [0.25, 0.3) is 0 Å². The van der Waals surface area contributed by atoms with Crippen LogP contribution in [0.4, 0.5) is 17.6 Å². The number of Topliss-reactive ketones (excluding diaryl/α,β-unsaturated/α-hetero) is 1. The second kappa shape index (κ2) is 8.37. The fraction of sp³-hybridized carbons (Fsp3) is 0.286. The number of aromatic nitrogens is 3. The summed E-state index contributed by atoms with van der Waals surface area (Å²) in [5, 5.41) is 4.25. The maximum atomic E-state index is 14.5. The maximum absolute atomic E-state index is 14.5. The minimum Gasteiger partial charge on any atom is -0.478 e. The van der Waals surface area contributed by atoms with Gasteiger partial charge >= 0.3 is 6.36 Å². The van der Waals surface area contributed by atoms with Crippen molar-refractivity contribution in [2.45, 2.75) is 31.7 Å². The lowest BCUT2D eigenvalue weighted by molar-refractivity contribution is -0.274. The number of carbonyl (C=O) groups is 1. The minimum absolute atomic E-state index is 0.0144. The quantitative estimate of drug-likeness (QED) is 0.421. The van der Waals surface area contributed by atoms with Crippen molar-refractivity contribution >= 4 is 5.78 Å². The molecule has 0 aliphatic carbocycles. The van der Waals surface area contributed by atoms with Gasteiger partial charge in [-0.05, 0) is 29.8 Å². The number of aryl methyl sites for hydroxylation is 1. The zero-order valence-corrected chi connectivity index (χ0v) is 16.1. The van der Waals surface area contributed by atoms with Crippen molar-refractivity contribution in [1.82, 2.24) is 14.8 Å². The monoisotopic (exact) mass is 435 g/mol. The summed E-state index contributed by atoms with van der Waals surface area (Å²) in [5.41, 5.74) is 0.608. The Morgan fingerprint density at radius 3 is 2.68 bits per heavy atom. The SMILES string of the molecule is O=C(C[C@@H](c1ccc(OC(F)(F)F)cc1)c1ncccc1F)c1cc2n(n1)CCCO2. The molecule has 4 rings (SSSR count). The van der Waals surface area contributed by atoms with E-state index in [1.54, 1.807) is 4.68 Å². The van der Waals surface area contributed by atoms with Crippen molar-refractivity contribution in [1.29, 1.82) is 0 Å². The summed E-state index contributed by atoms with van der Waals surface area (Å²) in [4.78, 5) is 17.0. The molecule has 10 heteroatoms. The molecule has 0 unspecified atom stereocenters. The van der Waals surface area contributed by atoms with Crippen molar-refractivity contribution < 1.29 is 31.8 Å². The molecule has 31 heavy (non-hydrogen) atoms. The Morgan fingerprint density at radius 2 is 2.00 bits per heavy atom. The summed E-state index contributed by atoms with van der Waals surface area (Å²) in [6.07, 6.45) is -2.84. The fourth-order valence-corrected chi connectivity index (χ4v) is 3.42. The summed E-state index contributed by atoms with van der Waals surface area (Å²) < 4.78 is 62.7. The first kappa shape index (κ1) is 20.8. The Bertz CT molecular complexity index is 1060. The third-order valence-electron chi connectivity index (χ3n) is 4.82. The normalized spacial score (nSPS) is 14.5. The minimum atomic E-state index is -4.83. The highest BCUT2D eigenvalue weighted by atomic mass is 19.4. The van der Waals surface area contributed by atoms with E-state index in [1.807, 2.05) is 0 Å². The van der Waals surface area contributed by atoms with Crippen LogP contribution in [0.5, 0.6) is 11.6 Å². The molecule has 0 radical (unpaired) electrons. The fourth-order valence-electron chi connectivity index (χ4n) is 3.42. The number of nitrogens with zero attached hydrogens (tertiary/aromatic N) is 3. The summed E-state index contributed by atoms with van der Waals surface area (Å²) in [6, 6.07) is 9.11. The second-order valence-corrected chi connectivity index (χ2v) is 6.96. The van der Waals surface area contributed by atoms with E-state index in [9.17, 15) is 22.4 Å². The highest BCUT2D eigenvalue weighted by Crippen LogP contribution is 2.32. The predicted molar refractivity (Wildman–Crippen MR) is 100 cm³/mol. The first-order valence-corrected chi connectivity index (χ1v) is 9.50. The number of fused-ring (bicyclic) bond motifs is 1. The summed E-state index contributed by atoms with van der Waals surface area (Å²) >= 11 is 0. The number of halogens is 4. The molecule has 0 bridgehead atoms. The number of ether oxygens (including phenoxy) is 2. The molecular formula is C21H17F4N3O3. The van der Waals surface area contributed by atoms with E-state index in [1.165, 1.54) is 36.5 Å². The second-order valence-electron chi connectivity index (χ2n) is 6.96. The van der Waals surface area contributed by atoms with Crippen LogP contribution in [0.15, 0.2) is 48.7 Å². The summed E-state index contributed by atoms with van der Waals surface area (Å²) in [7, 11) is 0. The van der Waals surface area contributed by atoms with Gasteiger partial charge in [0.2, 0.25) is 5.88 Å². The highest BCUT2D eigenvalue weighted by Gasteiger charge is 2.31. The van der Waals surface area contributed by atoms with Gasteiger partial charge in [-0.1, -0.05) is 12.1 Å². The van der Waals surface area contributed by atoms with E-state index < -0.39 is 23.8 Å². The van der Waals surface area contributed by atoms with Crippen LogP contribution < -0.4 is 9.47 Å². The Balaban J connectivity index is 1.63. The Kier molecular flexibility index (Phi) is 5.62. The topological polar surface area (TPSA) is 66.2 Å². The van der Waals surface area contributed by atoms with Crippen LogP contribution in [0.25, 0.3) is 0 Å². The van der Waals surface area contributed by atoms with Gasteiger partial charge in [0, 0.05) is 37.6 Å². The Morgan fingerprint density at radius 1 is 1.23 bits per heavy atom. The number of ketones is 1. The van der Waals surface area contributed by atoms with Crippen molar-refractivity contribution in [3.63, 3.8) is 0 Å². The van der Waals surface area contributed by atoms with Gasteiger partial charge in [-0.15, -0.1) is 13.2 Å². The van der Waals surface area contributed by atoms with Crippen molar-refractivity contribution in [2.75, 3.05) is 6.61 Å². The average Bonchev–Trinajstić information content (AvgIpc) is 3.17. The van der Waals surface area contributed by atoms with E-state index in [2.05, 4.69) is 14.8 Å². The third-order valence-corrected chi connectivity index (χ3v) is 4.82. The number of rotatable bonds is 6. The van der Waals surface area contributed by atoms with E-state index in [0.29, 0.717) is 24.6 Å². The summed E-state index contributed by atoms with van der Waals surface area (Å²) in [5.74, 6) is -1.74. The van der Waals surface area contributed by atoms with Crippen LogP contribution in [0.3, 0.4) is 0 Å². The van der Waals surface area contributed by atoms with Crippen LogP contribution in [0, 0.1) is 5.82 Å². The average molecular weight is 435 g/mol. The molecule has 0 saturated carbocycles. The largest absolute Gasteiger partial charge is 0.573 e. The Hall–Kier alpha value is -3.43. The predicted octanol–water partition coefficient (Wildman–Crippen LogP) is 4.50. The van der Waals surface area contributed by atoms with Gasteiger partial charge in [0.05, 0.1) is 12.3 Å². The molecule has 3 heterocycles. The van der Waals surface area contributed by atoms with Gasteiger partial charge in [-0.2, -0.15) is 5.10 Å². The highest BCUT2D eigenvalue weighted by molar-refractivity contribution is 5.95. The maximum Gasteiger partial charge on any atom is 0.573 e. The molecule has 0 N–H and O–H groups in total. The molecule has 2 aromatic heterocycles. The van der Waals surface area contributed by atoms with Crippen molar-refractivity contribution in [3.05, 3.63) is 71.4 Å². The van der Waals surface area contributed by atoms with Crippen LogP contribution in [-0.4, -0.2) is 33.5 Å². The standard InChI is InChI=1S/C21H17F4N3O3/c22-16-3-1-8-26-20(16)15(13-4-6-14(7-5-13)31-21(23,24)25)11-18(29)17-12-19-28(27-17)9-2-10-30-19/h1,3-8,12,15H,2,9-11H2/t15-/m0/s1. The van der Waals surface area contributed by atoms with Crippen molar-refractivity contribution in [3.8, 4) is 11.6 Å². The molecule has 0 fully saturated rings. The first-order chi connectivity index (χ1) is 14.8. The van der Waals surface area contributed by atoms with Gasteiger partial charge in [-0.25, -0.2) is 9.07 Å². The molecular weight excluding hydrogens is 418 g/mol. The lowest BCUT2D eigenvalue weighted by atomic mass is 9.89. The van der Waals surface area contributed by atoms with E-state index in [4.69, 9.17) is 4.74 Å². The van der Waals surface area contributed by atoms with E-state index in [0.717, 1.165) is 18.6 Å². The molecule has 1 aliphatic heterocycles. The zero-order valence-electron chi connectivity index (χ0n) is 16.1. The number of hydrogen-bond donors (Lipinski definition) is 0. The molecule has 6 nitrogen and oxygen atoms in total. The smallest absolute Gasteiger partial charge is 0.478 e. The molecule has 1 atom stereocenters. The van der Waals surface area contributed by atoms with Crippen molar-refractivity contribution in [2.24, 2.45) is 0 Å². The van der Waals surface area contributed by atoms with Crippen LogP contribution in [0.1, 0.15) is 40.5 Å². The molecule has 3 aromatic rings. The van der Waals surface area contributed by atoms with Gasteiger partial charge in [0.1, 0.15) is 17.3 Å². The van der Waals surface area contributed by atoms with Crippen LogP contribution in [-0.2, 0) is 6.54 Å². The molecule has 0 amide bonds. The lowest BCUT2D eigenvalue weighted by Gasteiger charge is -2.17. The number of carbonyl (C=O) groups excluding carboxylic acids is 1. The number of pyridine rings is 1. The molecule has 1 aliphatic rings. The van der Waals surface area contributed by atoms with Crippen LogP contribution >= 0.6 is 0 Å². The third kappa shape index (κ3) is 4.84. The van der Waals surface area contributed by atoms with Crippen LogP contribution in [0.2, 0.25) is 0 Å². The van der Waals surface area contributed by atoms with Gasteiger partial charge in [0.15, 0.2) is 5.78 Å². The zero-order chi connectivity index (χ0) is 22.0. The number of benzene rings is 1. The molecule has 0 saturated heterocycles. The molecule has 162 valence electrons.